The molecule has 0 saturated heterocycles. The largest absolute Gasteiger partial charge is 0.493 e. The zero-order valence-corrected chi connectivity index (χ0v) is 36.3. The topological polar surface area (TPSA) is 25.3 Å². The van der Waals surface area contributed by atoms with E-state index >= 15 is 0 Å². The molecule has 0 N–H and O–H groups in total. The third-order valence-electron chi connectivity index (χ3n) is 11.1. The second-order valence-corrected chi connectivity index (χ2v) is 15.8. The summed E-state index contributed by atoms with van der Waals surface area (Å²) in [6.07, 6.45) is 33.0. The van der Waals surface area contributed by atoms with Gasteiger partial charge in [0.15, 0.2) is 0 Å². The first-order chi connectivity index (χ1) is 25.0. The van der Waals surface area contributed by atoms with Crippen molar-refractivity contribution in [3.8, 4) is 0 Å². The summed E-state index contributed by atoms with van der Waals surface area (Å²) in [5.74, 6) is 0. The Morgan fingerprint density at radius 1 is 0.346 bits per heavy atom. The van der Waals surface area contributed by atoms with Crippen molar-refractivity contribution in [3.05, 3.63) is 86.5 Å². The number of hydrogen-bond donors (Lipinski definition) is 0. The van der Waals surface area contributed by atoms with E-state index in [0.717, 1.165) is 49.9 Å². The zero-order chi connectivity index (χ0) is 36.7. The Morgan fingerprint density at radius 2 is 0.615 bits per heavy atom. The van der Waals surface area contributed by atoms with Crippen LogP contribution < -0.4 is 0 Å². The standard InChI is InChI=1S/C49H78N2.Pd/c1-7-13-19-22-23-27-33-47-46(32-24-16-10-4)48(45-38-42(30-25-20-14-8-2)35-43(39-45)31-26-21-15-9-3)51(50)49(47)44-36-40(28-17-11-5)34-41(37-44)29-18-12-6;/h34-39H,7-33H2,1-6H3;. The van der Waals surface area contributed by atoms with Crippen molar-refractivity contribution in [3.63, 3.8) is 0 Å². The van der Waals surface area contributed by atoms with E-state index in [4.69, 9.17) is 0 Å². The van der Waals surface area contributed by atoms with Gasteiger partial charge in [-0.05, 0) is 124 Å². The zero-order valence-electron chi connectivity index (χ0n) is 34.8. The van der Waals surface area contributed by atoms with Crippen LogP contribution in [-0.4, -0.2) is 4.70 Å². The van der Waals surface area contributed by atoms with Gasteiger partial charge in [-0.25, -0.2) is 4.70 Å². The smallest absolute Gasteiger partial charge is 0.211 e. The molecule has 2 nitrogen and oxygen atoms in total. The first-order valence-corrected chi connectivity index (χ1v) is 22.2. The second kappa shape index (κ2) is 27.7. The van der Waals surface area contributed by atoms with Crippen LogP contribution >= 0.6 is 0 Å². The van der Waals surface area contributed by atoms with E-state index in [2.05, 4.69) is 77.9 Å². The maximum absolute atomic E-state index is 12.7. The number of benzene rings is 2. The van der Waals surface area contributed by atoms with Crippen LogP contribution in [0.3, 0.4) is 0 Å². The summed E-state index contributed by atoms with van der Waals surface area (Å²) in [6, 6.07) is 14.7. The first-order valence-electron chi connectivity index (χ1n) is 22.2. The molecule has 0 spiro atoms. The minimum Gasteiger partial charge on any atom is -0.493 e. The molecule has 0 bridgehead atoms. The van der Waals surface area contributed by atoms with Gasteiger partial charge in [0.1, 0.15) is 0 Å². The minimum atomic E-state index is 0. The van der Waals surface area contributed by atoms with Crippen LogP contribution in [0.15, 0.2) is 47.5 Å². The molecule has 1 aliphatic heterocycles. The number of allylic oxidation sites excluding steroid dienone is 2. The van der Waals surface area contributed by atoms with Crippen molar-refractivity contribution < 1.29 is 25.1 Å². The Morgan fingerprint density at radius 3 is 1.00 bits per heavy atom. The molecule has 0 saturated carbocycles. The third kappa shape index (κ3) is 15.5. The molecule has 0 radical (unpaired) electrons. The SMILES string of the molecule is CCCCCCCCC1=C(c2cc(CCCC)cc(CCCC)c2)[N+](=[N-])C(c2cc(CCCCCC)cc(CCCCCC)c2)=C1CCCCC.[Pd]. The predicted molar refractivity (Wildman–Crippen MR) is 225 cm³/mol. The van der Waals surface area contributed by atoms with Crippen LogP contribution in [0.5, 0.6) is 0 Å². The van der Waals surface area contributed by atoms with Gasteiger partial charge in [0.05, 0.1) is 0 Å². The van der Waals surface area contributed by atoms with E-state index in [1.165, 1.54) is 179 Å². The van der Waals surface area contributed by atoms with Crippen molar-refractivity contribution in [2.75, 3.05) is 0 Å². The van der Waals surface area contributed by atoms with Crippen molar-refractivity contribution in [1.29, 1.82) is 0 Å². The van der Waals surface area contributed by atoms with Gasteiger partial charge < -0.3 is 5.53 Å². The van der Waals surface area contributed by atoms with Gasteiger partial charge >= 0.3 is 0 Å². The van der Waals surface area contributed by atoms with Crippen LogP contribution in [0.4, 0.5) is 0 Å². The van der Waals surface area contributed by atoms with Gasteiger partial charge in [0.25, 0.3) is 0 Å². The molecule has 1 heterocycles. The quantitative estimate of drug-likeness (QED) is 0.0445. The van der Waals surface area contributed by atoms with Crippen LogP contribution in [-0.2, 0) is 46.1 Å². The van der Waals surface area contributed by atoms with E-state index in [-0.39, 0.29) is 20.4 Å². The molecular weight excluding hydrogens is 723 g/mol. The molecule has 2 aromatic rings. The van der Waals surface area contributed by atoms with Gasteiger partial charge in [0, 0.05) is 42.7 Å². The normalized spacial score (nSPS) is 13.1. The van der Waals surface area contributed by atoms with E-state index in [1.807, 2.05) is 0 Å². The monoisotopic (exact) mass is 801 g/mol. The van der Waals surface area contributed by atoms with E-state index in [9.17, 15) is 5.53 Å². The number of unbranched alkanes of at least 4 members (excludes halogenated alkanes) is 15. The Labute approximate surface area is 336 Å². The Hall–Kier alpha value is -1.82. The van der Waals surface area contributed by atoms with Crippen LogP contribution in [0.1, 0.15) is 223 Å². The van der Waals surface area contributed by atoms with Crippen LogP contribution in [0.2, 0.25) is 0 Å². The fourth-order valence-corrected chi connectivity index (χ4v) is 8.07. The van der Waals surface area contributed by atoms with Crippen molar-refractivity contribution in [2.24, 2.45) is 0 Å². The molecule has 0 aliphatic carbocycles. The van der Waals surface area contributed by atoms with Gasteiger partial charge in [-0.1, -0.05) is 150 Å². The van der Waals surface area contributed by atoms with Crippen molar-refractivity contribution >= 4 is 11.4 Å². The summed E-state index contributed by atoms with van der Waals surface area (Å²) < 4.78 is 1.69. The number of nitrogens with zero attached hydrogens (tertiary/aromatic N) is 2. The number of hydrogen-bond acceptors (Lipinski definition) is 0. The Balaban J connectivity index is 0.00000936. The summed E-state index contributed by atoms with van der Waals surface area (Å²) in [4.78, 5) is 0. The fraction of sp³-hybridized carbons (Fsp3) is 0.673. The average molecular weight is 802 g/mol. The molecular formula is C49H78N2Pd. The van der Waals surface area contributed by atoms with E-state index < -0.39 is 0 Å². The minimum absolute atomic E-state index is 0. The number of rotatable bonds is 29. The van der Waals surface area contributed by atoms with Gasteiger partial charge in [-0.2, -0.15) is 0 Å². The Kier molecular flexibility index (Phi) is 24.7. The molecule has 0 aromatic heterocycles. The molecule has 3 heteroatoms. The molecule has 0 unspecified atom stereocenters. The number of aryl methyl sites for hydroxylation is 4. The van der Waals surface area contributed by atoms with Gasteiger partial charge in [-0.3, -0.25) is 0 Å². The molecule has 0 atom stereocenters. The molecule has 3 rings (SSSR count). The summed E-state index contributed by atoms with van der Waals surface area (Å²) in [6.45, 7) is 13.8. The van der Waals surface area contributed by atoms with Crippen molar-refractivity contribution in [1.82, 2.24) is 0 Å². The fourth-order valence-electron chi connectivity index (χ4n) is 8.07. The summed E-state index contributed by atoms with van der Waals surface area (Å²) in [5, 5.41) is 0. The maximum Gasteiger partial charge on any atom is 0.211 e. The molecule has 52 heavy (non-hydrogen) atoms. The van der Waals surface area contributed by atoms with Gasteiger partial charge in [-0.15, -0.1) is 0 Å². The maximum atomic E-state index is 12.7. The van der Waals surface area contributed by atoms with Gasteiger partial charge in [0.2, 0.25) is 11.4 Å². The van der Waals surface area contributed by atoms with Crippen LogP contribution in [0.25, 0.3) is 16.9 Å². The average Bonchev–Trinajstić information content (AvgIpc) is 3.41. The van der Waals surface area contributed by atoms with Crippen molar-refractivity contribution in [2.45, 2.75) is 215 Å². The summed E-state index contributed by atoms with van der Waals surface area (Å²) >= 11 is 0. The van der Waals surface area contributed by atoms with E-state index in [0.29, 0.717) is 0 Å². The van der Waals surface area contributed by atoms with E-state index in [1.54, 1.807) is 4.70 Å². The predicted octanol–water partition coefficient (Wildman–Crippen LogP) is 16.1. The summed E-state index contributed by atoms with van der Waals surface area (Å²) in [7, 11) is 0. The third-order valence-corrected chi connectivity index (χ3v) is 11.1. The first kappa shape index (κ1) is 46.3. The Bertz CT molecular complexity index is 1310. The second-order valence-electron chi connectivity index (χ2n) is 15.8. The molecule has 0 fully saturated rings. The molecule has 1 aliphatic rings. The molecule has 2 aromatic carbocycles. The molecule has 294 valence electrons. The summed E-state index contributed by atoms with van der Waals surface area (Å²) in [5.41, 5.74) is 25.9. The molecule has 0 amide bonds. The van der Waals surface area contributed by atoms with Crippen LogP contribution in [0, 0.1) is 0 Å².